The summed E-state index contributed by atoms with van der Waals surface area (Å²) in [5.41, 5.74) is 0.400. The van der Waals surface area contributed by atoms with E-state index in [9.17, 15) is 18.0 Å². The van der Waals surface area contributed by atoms with E-state index in [1.807, 2.05) is 12.1 Å². The normalized spacial score (nSPS) is 15.2. The second-order valence-corrected chi connectivity index (χ2v) is 6.66. The Morgan fingerprint density at radius 2 is 1.86 bits per heavy atom. The van der Waals surface area contributed by atoms with Crippen molar-refractivity contribution < 1.29 is 18.0 Å². The van der Waals surface area contributed by atoms with Crippen LogP contribution in [0.5, 0.6) is 0 Å². The van der Waals surface area contributed by atoms with Crippen molar-refractivity contribution in [3.63, 3.8) is 0 Å². The molecule has 3 aromatic rings. The van der Waals surface area contributed by atoms with Crippen LogP contribution in [0.4, 0.5) is 19.0 Å². The third-order valence-electron chi connectivity index (χ3n) is 4.81. The van der Waals surface area contributed by atoms with Crippen molar-refractivity contribution >= 4 is 17.4 Å². The molecule has 9 heteroatoms. The summed E-state index contributed by atoms with van der Waals surface area (Å²) in [6.45, 7) is 2.23. The third kappa shape index (κ3) is 3.78. The smallest absolute Gasteiger partial charge is 0.352 e. The summed E-state index contributed by atoms with van der Waals surface area (Å²) in [6.07, 6.45) is -0.999. The summed E-state index contributed by atoms with van der Waals surface area (Å²) < 4.78 is 40.2. The number of nitrogens with zero attached hydrogens (tertiary/aromatic N) is 5. The molecule has 1 saturated heterocycles. The highest BCUT2D eigenvalue weighted by atomic mass is 19.4. The van der Waals surface area contributed by atoms with Gasteiger partial charge in [0.1, 0.15) is 5.82 Å². The number of carbonyl (C=O) groups is 1. The number of rotatable bonds is 3. The lowest BCUT2D eigenvalue weighted by atomic mass is 10.1. The zero-order valence-corrected chi connectivity index (χ0v) is 14.9. The predicted octanol–water partition coefficient (Wildman–Crippen LogP) is 2.64. The maximum Gasteiger partial charge on any atom is 0.416 e. The summed E-state index contributed by atoms with van der Waals surface area (Å²) in [5.74, 6) is 0.632. The van der Waals surface area contributed by atoms with Gasteiger partial charge in [-0.2, -0.15) is 13.2 Å². The molecule has 0 bridgehead atoms. The first-order valence-corrected chi connectivity index (χ1v) is 8.89. The molecule has 0 spiro atoms. The molecule has 1 fully saturated rings. The van der Waals surface area contributed by atoms with Gasteiger partial charge in [-0.1, -0.05) is 18.2 Å². The van der Waals surface area contributed by atoms with Gasteiger partial charge in [-0.15, -0.1) is 5.10 Å². The zero-order valence-electron chi connectivity index (χ0n) is 14.9. The zero-order chi connectivity index (χ0) is 19.7. The van der Waals surface area contributed by atoms with E-state index in [4.69, 9.17) is 0 Å². The molecule has 0 atom stereocenters. The van der Waals surface area contributed by atoms with Crippen LogP contribution in [0.1, 0.15) is 11.1 Å². The van der Waals surface area contributed by atoms with Crippen LogP contribution in [-0.4, -0.2) is 51.6 Å². The fourth-order valence-electron chi connectivity index (χ4n) is 3.30. The molecule has 0 N–H and O–H groups in total. The number of carbonyl (C=O) groups excluding carboxylic acids is 1. The Labute approximate surface area is 159 Å². The molecule has 0 radical (unpaired) electrons. The second kappa shape index (κ2) is 7.14. The highest BCUT2D eigenvalue weighted by molar-refractivity contribution is 5.79. The van der Waals surface area contributed by atoms with Gasteiger partial charge in [0.25, 0.3) is 0 Å². The van der Waals surface area contributed by atoms with E-state index < -0.39 is 11.7 Å². The van der Waals surface area contributed by atoms with Crippen LogP contribution in [0.3, 0.4) is 0 Å². The quantitative estimate of drug-likeness (QED) is 0.691. The largest absolute Gasteiger partial charge is 0.416 e. The van der Waals surface area contributed by atoms with Crippen molar-refractivity contribution in [3.05, 3.63) is 59.9 Å². The summed E-state index contributed by atoms with van der Waals surface area (Å²) in [4.78, 5) is 20.4. The van der Waals surface area contributed by atoms with E-state index in [0.717, 1.165) is 23.6 Å². The van der Waals surface area contributed by atoms with Crippen LogP contribution < -0.4 is 4.90 Å². The molecule has 1 aliphatic heterocycles. The van der Waals surface area contributed by atoms with E-state index in [2.05, 4.69) is 15.0 Å². The maximum atomic E-state index is 12.8. The van der Waals surface area contributed by atoms with Gasteiger partial charge in [-0.05, 0) is 23.8 Å². The summed E-state index contributed by atoms with van der Waals surface area (Å²) >= 11 is 0. The molecule has 1 amide bonds. The van der Waals surface area contributed by atoms with Crippen LogP contribution >= 0.6 is 0 Å². The molecule has 1 aliphatic rings. The first-order chi connectivity index (χ1) is 13.4. The van der Waals surface area contributed by atoms with Gasteiger partial charge in [0.2, 0.25) is 5.91 Å². The molecular formula is C19H18F3N5O. The lowest BCUT2D eigenvalue weighted by Gasteiger charge is -2.35. The molecule has 3 heterocycles. The van der Waals surface area contributed by atoms with Gasteiger partial charge in [0.05, 0.1) is 12.0 Å². The van der Waals surface area contributed by atoms with Gasteiger partial charge in [0, 0.05) is 38.6 Å². The Hall–Kier alpha value is -3.10. The van der Waals surface area contributed by atoms with Crippen molar-refractivity contribution in [1.29, 1.82) is 0 Å². The van der Waals surface area contributed by atoms with Gasteiger partial charge in [-0.25, -0.2) is 9.50 Å². The molecule has 1 aromatic carbocycles. The molecule has 0 unspecified atom stereocenters. The number of hydrogen-bond acceptors (Lipinski definition) is 4. The number of piperazine rings is 1. The summed E-state index contributed by atoms with van der Waals surface area (Å²) in [7, 11) is 0. The number of halogens is 3. The lowest BCUT2D eigenvalue weighted by molar-refractivity contribution is -0.138. The average Bonchev–Trinajstić information content (AvgIpc) is 3.15. The van der Waals surface area contributed by atoms with E-state index in [0.29, 0.717) is 31.7 Å². The van der Waals surface area contributed by atoms with Crippen molar-refractivity contribution in [1.82, 2.24) is 19.5 Å². The minimum absolute atomic E-state index is 0.0385. The summed E-state index contributed by atoms with van der Waals surface area (Å²) in [5, 5.41) is 4.50. The Bertz CT molecular complexity index is 992. The van der Waals surface area contributed by atoms with Gasteiger partial charge < -0.3 is 9.80 Å². The molecule has 146 valence electrons. The Morgan fingerprint density at radius 3 is 2.61 bits per heavy atom. The number of fused-ring (bicyclic) bond motifs is 1. The highest BCUT2D eigenvalue weighted by Crippen LogP contribution is 2.29. The fraction of sp³-hybridized carbons (Fsp3) is 0.316. The lowest BCUT2D eigenvalue weighted by Crippen LogP contribution is -2.49. The van der Waals surface area contributed by atoms with E-state index in [-0.39, 0.29) is 12.3 Å². The second-order valence-electron chi connectivity index (χ2n) is 6.66. The SMILES string of the molecule is O=C(Cc1cccc(C(F)(F)F)c1)N1CCN(c2ccc3nccn3n2)CC1. The van der Waals surface area contributed by atoms with Crippen molar-refractivity contribution in [2.75, 3.05) is 31.1 Å². The Kier molecular flexibility index (Phi) is 4.66. The topological polar surface area (TPSA) is 53.7 Å². The number of aromatic nitrogens is 3. The molecule has 0 aliphatic carbocycles. The van der Waals surface area contributed by atoms with E-state index >= 15 is 0 Å². The van der Waals surface area contributed by atoms with E-state index in [1.54, 1.807) is 27.9 Å². The number of benzene rings is 1. The molecule has 28 heavy (non-hydrogen) atoms. The number of hydrogen-bond donors (Lipinski definition) is 0. The number of imidazole rings is 1. The first kappa shape index (κ1) is 18.3. The predicted molar refractivity (Wildman–Crippen MR) is 96.9 cm³/mol. The monoisotopic (exact) mass is 389 g/mol. The molecule has 0 saturated carbocycles. The van der Waals surface area contributed by atoms with Crippen LogP contribution in [0.2, 0.25) is 0 Å². The molecule has 2 aromatic heterocycles. The summed E-state index contributed by atoms with van der Waals surface area (Å²) in [6, 6.07) is 8.71. The fourth-order valence-corrected chi connectivity index (χ4v) is 3.30. The van der Waals surface area contributed by atoms with Crippen LogP contribution in [0.15, 0.2) is 48.8 Å². The minimum Gasteiger partial charge on any atom is -0.352 e. The standard InChI is InChI=1S/C19H18F3N5O/c20-19(21,22)15-3-1-2-14(12-15)13-18(28)26-10-8-25(9-11-26)17-5-4-16-23-6-7-27(16)24-17/h1-7,12H,8-11,13H2. The molecule has 4 rings (SSSR count). The van der Waals surface area contributed by atoms with E-state index in [1.165, 1.54) is 6.07 Å². The van der Waals surface area contributed by atoms with Gasteiger partial charge in [-0.3, -0.25) is 4.79 Å². The van der Waals surface area contributed by atoms with Crippen LogP contribution in [-0.2, 0) is 17.4 Å². The molecular weight excluding hydrogens is 371 g/mol. The van der Waals surface area contributed by atoms with Gasteiger partial charge >= 0.3 is 6.18 Å². The maximum absolute atomic E-state index is 12.8. The number of anilines is 1. The molecule has 6 nitrogen and oxygen atoms in total. The Morgan fingerprint density at radius 1 is 1.07 bits per heavy atom. The van der Waals surface area contributed by atoms with Crippen molar-refractivity contribution in [3.8, 4) is 0 Å². The van der Waals surface area contributed by atoms with Crippen molar-refractivity contribution in [2.24, 2.45) is 0 Å². The van der Waals surface area contributed by atoms with Gasteiger partial charge in [0.15, 0.2) is 5.65 Å². The van der Waals surface area contributed by atoms with Crippen LogP contribution in [0, 0.1) is 0 Å². The third-order valence-corrected chi connectivity index (χ3v) is 4.81. The van der Waals surface area contributed by atoms with Crippen LogP contribution in [0.25, 0.3) is 5.65 Å². The minimum atomic E-state index is -4.41. The number of amides is 1. The highest BCUT2D eigenvalue weighted by Gasteiger charge is 2.30. The van der Waals surface area contributed by atoms with Crippen molar-refractivity contribution in [2.45, 2.75) is 12.6 Å². The first-order valence-electron chi connectivity index (χ1n) is 8.89. The number of alkyl halides is 3. The Balaban J connectivity index is 1.37. The average molecular weight is 389 g/mol.